The van der Waals surface area contributed by atoms with Crippen LogP contribution in [0, 0.1) is 13.8 Å². The molecule has 1 amide bonds. The summed E-state index contributed by atoms with van der Waals surface area (Å²) in [6.45, 7) is 5.70. The van der Waals surface area contributed by atoms with Crippen LogP contribution in [0.5, 0.6) is 5.75 Å². The molecule has 0 heterocycles. The van der Waals surface area contributed by atoms with Crippen LogP contribution in [0.2, 0.25) is 0 Å². The Labute approximate surface area is 119 Å². The van der Waals surface area contributed by atoms with Gasteiger partial charge in [-0.15, -0.1) is 0 Å². The van der Waals surface area contributed by atoms with Gasteiger partial charge in [0.05, 0.1) is 0 Å². The first-order valence-corrected chi connectivity index (χ1v) is 6.72. The quantitative estimate of drug-likeness (QED) is 0.832. The van der Waals surface area contributed by atoms with Gasteiger partial charge >= 0.3 is 0 Å². The lowest BCUT2D eigenvalue weighted by molar-refractivity contribution is 0.102. The highest BCUT2D eigenvalue weighted by atomic mass is 16.3. The fourth-order valence-electron chi connectivity index (χ4n) is 2.18. The number of carbonyl (C=O) groups is 1. The molecule has 0 aliphatic rings. The summed E-state index contributed by atoms with van der Waals surface area (Å²) in [7, 11) is 0. The van der Waals surface area contributed by atoms with Gasteiger partial charge in [-0.1, -0.05) is 25.1 Å². The van der Waals surface area contributed by atoms with Crippen molar-refractivity contribution >= 4 is 11.6 Å². The van der Waals surface area contributed by atoms with E-state index in [1.54, 1.807) is 12.1 Å². The lowest BCUT2D eigenvalue weighted by Crippen LogP contribution is -2.14. The van der Waals surface area contributed by atoms with E-state index >= 15 is 0 Å². The highest BCUT2D eigenvalue weighted by Gasteiger charge is 2.12. The molecule has 0 aliphatic heterocycles. The molecule has 2 aromatic carbocycles. The van der Waals surface area contributed by atoms with Crippen molar-refractivity contribution in [3.8, 4) is 5.75 Å². The van der Waals surface area contributed by atoms with Crippen molar-refractivity contribution in [2.75, 3.05) is 5.32 Å². The van der Waals surface area contributed by atoms with Crippen molar-refractivity contribution in [1.29, 1.82) is 0 Å². The summed E-state index contributed by atoms with van der Waals surface area (Å²) in [4.78, 5) is 12.4. The van der Waals surface area contributed by atoms with E-state index in [1.165, 1.54) is 0 Å². The average Bonchev–Trinajstić information content (AvgIpc) is 2.44. The normalized spacial score (nSPS) is 10.3. The number of rotatable bonds is 3. The zero-order valence-electron chi connectivity index (χ0n) is 12.0. The number of phenols is 1. The molecule has 2 rings (SSSR count). The van der Waals surface area contributed by atoms with E-state index in [4.69, 9.17) is 0 Å². The second-order valence-electron chi connectivity index (χ2n) is 4.92. The zero-order valence-corrected chi connectivity index (χ0v) is 12.0. The van der Waals surface area contributed by atoms with Crippen LogP contribution in [-0.2, 0) is 6.42 Å². The van der Waals surface area contributed by atoms with Gasteiger partial charge in [-0.2, -0.15) is 0 Å². The molecule has 0 fully saturated rings. The van der Waals surface area contributed by atoms with Gasteiger partial charge < -0.3 is 10.4 Å². The summed E-state index contributed by atoms with van der Waals surface area (Å²) >= 11 is 0. The van der Waals surface area contributed by atoms with Gasteiger partial charge in [-0.05, 0) is 55.2 Å². The molecule has 0 saturated carbocycles. The Morgan fingerprint density at radius 1 is 1.15 bits per heavy atom. The number of aromatic hydroxyl groups is 1. The number of hydrogen-bond donors (Lipinski definition) is 2. The third-order valence-electron chi connectivity index (χ3n) is 3.43. The molecule has 0 aromatic heterocycles. The van der Waals surface area contributed by atoms with Crippen LogP contribution in [0.15, 0.2) is 36.4 Å². The fourth-order valence-corrected chi connectivity index (χ4v) is 2.18. The third kappa shape index (κ3) is 2.82. The predicted octanol–water partition coefficient (Wildman–Crippen LogP) is 3.82. The topological polar surface area (TPSA) is 49.3 Å². The van der Waals surface area contributed by atoms with E-state index < -0.39 is 0 Å². The number of carbonyl (C=O) groups excluding carboxylic acids is 1. The number of aryl methyl sites for hydroxylation is 3. The van der Waals surface area contributed by atoms with Crippen LogP contribution in [0.3, 0.4) is 0 Å². The highest BCUT2D eigenvalue weighted by Crippen LogP contribution is 2.25. The SMILES string of the molecule is CCc1ccccc1C(=O)Nc1cc(C)c(O)cc1C. The van der Waals surface area contributed by atoms with Crippen LogP contribution in [-0.4, -0.2) is 11.0 Å². The molecular weight excluding hydrogens is 250 g/mol. The maximum Gasteiger partial charge on any atom is 0.255 e. The molecule has 104 valence electrons. The van der Waals surface area contributed by atoms with Crippen molar-refractivity contribution in [3.63, 3.8) is 0 Å². The van der Waals surface area contributed by atoms with Crippen molar-refractivity contribution in [1.82, 2.24) is 0 Å². The van der Waals surface area contributed by atoms with Crippen molar-refractivity contribution in [3.05, 3.63) is 58.7 Å². The van der Waals surface area contributed by atoms with E-state index in [0.717, 1.165) is 28.8 Å². The highest BCUT2D eigenvalue weighted by molar-refractivity contribution is 6.05. The molecule has 0 unspecified atom stereocenters. The molecule has 0 spiro atoms. The van der Waals surface area contributed by atoms with Gasteiger partial charge in [0, 0.05) is 11.3 Å². The van der Waals surface area contributed by atoms with Crippen LogP contribution < -0.4 is 5.32 Å². The Morgan fingerprint density at radius 2 is 1.85 bits per heavy atom. The molecular formula is C17H19NO2. The predicted molar refractivity (Wildman–Crippen MR) is 81.4 cm³/mol. The number of nitrogens with one attached hydrogen (secondary N) is 1. The summed E-state index contributed by atoms with van der Waals surface area (Å²) in [5.74, 6) is 0.130. The Kier molecular flexibility index (Phi) is 4.08. The molecule has 20 heavy (non-hydrogen) atoms. The minimum absolute atomic E-state index is 0.115. The van der Waals surface area contributed by atoms with Gasteiger partial charge in [-0.25, -0.2) is 0 Å². The number of phenolic OH excluding ortho intramolecular Hbond substituents is 1. The molecule has 0 bridgehead atoms. The Hall–Kier alpha value is -2.29. The van der Waals surface area contributed by atoms with Gasteiger partial charge in [-0.3, -0.25) is 4.79 Å². The smallest absolute Gasteiger partial charge is 0.255 e. The molecule has 2 aromatic rings. The zero-order chi connectivity index (χ0) is 14.7. The largest absolute Gasteiger partial charge is 0.508 e. The van der Waals surface area contributed by atoms with Crippen molar-refractivity contribution in [2.24, 2.45) is 0 Å². The first-order chi connectivity index (χ1) is 9.52. The lowest BCUT2D eigenvalue weighted by atomic mass is 10.0. The summed E-state index contributed by atoms with van der Waals surface area (Å²) < 4.78 is 0. The van der Waals surface area contributed by atoms with E-state index in [2.05, 4.69) is 5.32 Å². The van der Waals surface area contributed by atoms with E-state index in [9.17, 15) is 9.90 Å². The van der Waals surface area contributed by atoms with E-state index in [0.29, 0.717) is 5.56 Å². The molecule has 0 saturated heterocycles. The summed E-state index contributed by atoms with van der Waals surface area (Å²) in [5, 5.41) is 12.6. The molecule has 0 atom stereocenters. The summed E-state index contributed by atoms with van der Waals surface area (Å²) in [6, 6.07) is 11.0. The Morgan fingerprint density at radius 3 is 2.55 bits per heavy atom. The van der Waals surface area contributed by atoms with Crippen molar-refractivity contribution < 1.29 is 9.90 Å². The van der Waals surface area contributed by atoms with Crippen LogP contribution in [0.1, 0.15) is 34.0 Å². The molecule has 0 aliphatic carbocycles. The average molecular weight is 269 g/mol. The van der Waals surface area contributed by atoms with Gasteiger partial charge in [0.2, 0.25) is 0 Å². The number of anilines is 1. The van der Waals surface area contributed by atoms with E-state index in [1.807, 2.05) is 45.0 Å². The van der Waals surface area contributed by atoms with Gasteiger partial charge in [0.15, 0.2) is 0 Å². The minimum Gasteiger partial charge on any atom is -0.508 e. The van der Waals surface area contributed by atoms with Crippen LogP contribution >= 0.6 is 0 Å². The number of hydrogen-bond acceptors (Lipinski definition) is 2. The van der Waals surface area contributed by atoms with Gasteiger partial charge in [0.1, 0.15) is 5.75 Å². The molecule has 2 N–H and O–H groups in total. The molecule has 3 heteroatoms. The number of benzene rings is 2. The summed E-state index contributed by atoms with van der Waals surface area (Å²) in [5.41, 5.74) is 4.04. The van der Waals surface area contributed by atoms with Crippen molar-refractivity contribution in [2.45, 2.75) is 27.2 Å². The summed E-state index contributed by atoms with van der Waals surface area (Å²) in [6.07, 6.45) is 0.817. The second kappa shape index (κ2) is 5.78. The Balaban J connectivity index is 2.30. The fraction of sp³-hybridized carbons (Fsp3) is 0.235. The van der Waals surface area contributed by atoms with E-state index in [-0.39, 0.29) is 11.7 Å². The first-order valence-electron chi connectivity index (χ1n) is 6.72. The second-order valence-corrected chi connectivity index (χ2v) is 4.92. The van der Waals surface area contributed by atoms with Crippen LogP contribution in [0.4, 0.5) is 5.69 Å². The number of amides is 1. The maximum absolute atomic E-state index is 12.4. The monoisotopic (exact) mass is 269 g/mol. The lowest BCUT2D eigenvalue weighted by Gasteiger charge is -2.12. The minimum atomic E-state index is -0.115. The standard InChI is InChI=1S/C17H19NO2/c1-4-13-7-5-6-8-14(13)17(20)18-15-9-12(3)16(19)10-11(15)2/h5-10,19H,4H2,1-3H3,(H,18,20). The Bertz CT molecular complexity index is 647. The van der Waals surface area contributed by atoms with Gasteiger partial charge in [0.25, 0.3) is 5.91 Å². The molecule has 0 radical (unpaired) electrons. The first kappa shape index (κ1) is 14.1. The maximum atomic E-state index is 12.4. The third-order valence-corrected chi connectivity index (χ3v) is 3.43. The molecule has 3 nitrogen and oxygen atoms in total. The van der Waals surface area contributed by atoms with Crippen LogP contribution in [0.25, 0.3) is 0 Å².